The van der Waals surface area contributed by atoms with Gasteiger partial charge in [0.25, 0.3) is 0 Å². The zero-order valence-corrected chi connectivity index (χ0v) is 19.6. The lowest BCUT2D eigenvalue weighted by Gasteiger charge is -2.36. The maximum atomic E-state index is 6.41. The lowest BCUT2D eigenvalue weighted by molar-refractivity contribution is 0.492. The lowest BCUT2D eigenvalue weighted by Crippen LogP contribution is -2.43. The van der Waals surface area contributed by atoms with Crippen molar-refractivity contribution in [3.8, 4) is 37.8 Å². The summed E-state index contributed by atoms with van der Waals surface area (Å²) in [5.41, 5.74) is 5.06. The van der Waals surface area contributed by atoms with E-state index in [2.05, 4.69) is 113 Å². The molecule has 0 fully saturated rings. The first-order valence-corrected chi connectivity index (χ1v) is 13.8. The maximum absolute atomic E-state index is 6.41. The molecule has 0 N–H and O–H groups in total. The minimum absolute atomic E-state index is 0.202. The fourth-order valence-corrected chi connectivity index (χ4v) is 5.16. The standard InChI is InChI=1S/C26H28OSSi/c1-26(2,3)29(4,5)27-23-15-13-22(14-16-23)25-18-17-24(28-25)21-11-9-19-7-6-8-20(19)10-12-21/h6-18H,1-5H3. The predicted molar refractivity (Wildman–Crippen MR) is 130 cm³/mol. The second-order valence-corrected chi connectivity index (χ2v) is 14.9. The molecule has 0 saturated carbocycles. The van der Waals surface area contributed by atoms with Gasteiger partial charge in [0, 0.05) is 9.75 Å². The van der Waals surface area contributed by atoms with E-state index < -0.39 is 8.32 Å². The number of hydrogen-bond donors (Lipinski definition) is 0. The molecule has 0 amide bonds. The topological polar surface area (TPSA) is 9.23 Å². The van der Waals surface area contributed by atoms with E-state index >= 15 is 0 Å². The van der Waals surface area contributed by atoms with Gasteiger partial charge in [0.2, 0.25) is 8.32 Å². The van der Waals surface area contributed by atoms with Crippen LogP contribution < -0.4 is 4.43 Å². The number of fused-ring (bicyclic) bond motifs is 1. The molecule has 0 aliphatic heterocycles. The molecule has 2 aromatic rings. The first-order chi connectivity index (χ1) is 13.7. The van der Waals surface area contributed by atoms with Crippen molar-refractivity contribution in [3.63, 3.8) is 0 Å². The van der Waals surface area contributed by atoms with Gasteiger partial charge >= 0.3 is 0 Å². The van der Waals surface area contributed by atoms with Crippen LogP contribution in [0.5, 0.6) is 5.75 Å². The van der Waals surface area contributed by atoms with Crippen molar-refractivity contribution in [2.24, 2.45) is 0 Å². The van der Waals surface area contributed by atoms with Crippen molar-refractivity contribution in [1.82, 2.24) is 0 Å². The third-order valence-electron chi connectivity index (χ3n) is 5.98. The van der Waals surface area contributed by atoms with Crippen LogP contribution in [-0.4, -0.2) is 8.32 Å². The molecular weight excluding hydrogens is 388 g/mol. The summed E-state index contributed by atoms with van der Waals surface area (Å²) in [7, 11) is -1.80. The molecule has 0 radical (unpaired) electrons. The number of hydrogen-bond acceptors (Lipinski definition) is 2. The van der Waals surface area contributed by atoms with Crippen LogP contribution >= 0.6 is 11.3 Å². The predicted octanol–water partition coefficient (Wildman–Crippen LogP) is 8.57. The maximum Gasteiger partial charge on any atom is 0.250 e. The van der Waals surface area contributed by atoms with E-state index in [9.17, 15) is 0 Å². The highest BCUT2D eigenvalue weighted by molar-refractivity contribution is 7.18. The number of rotatable bonds is 4. The summed E-state index contributed by atoms with van der Waals surface area (Å²) in [5, 5.41) is 0.202. The number of benzene rings is 1. The fraction of sp³-hybridized carbons (Fsp3) is 0.231. The third kappa shape index (κ3) is 4.17. The third-order valence-corrected chi connectivity index (χ3v) is 11.5. The van der Waals surface area contributed by atoms with E-state index in [0.29, 0.717) is 0 Å². The van der Waals surface area contributed by atoms with Crippen molar-refractivity contribution in [2.75, 3.05) is 0 Å². The quantitative estimate of drug-likeness (QED) is 0.303. The fourth-order valence-electron chi connectivity index (χ4n) is 3.11. The molecule has 4 rings (SSSR count). The van der Waals surface area contributed by atoms with E-state index in [0.717, 1.165) is 5.75 Å². The van der Waals surface area contributed by atoms with Crippen LogP contribution in [0.1, 0.15) is 20.8 Å². The largest absolute Gasteiger partial charge is 0.544 e. The highest BCUT2D eigenvalue weighted by atomic mass is 32.1. The summed E-state index contributed by atoms with van der Waals surface area (Å²) < 4.78 is 6.41. The first-order valence-electron chi connectivity index (χ1n) is 10.1. The summed E-state index contributed by atoms with van der Waals surface area (Å²) >= 11 is 1.83. The molecule has 1 heterocycles. The molecule has 1 aromatic heterocycles. The Labute approximate surface area is 179 Å². The Morgan fingerprint density at radius 2 is 1.07 bits per heavy atom. The molecule has 148 valence electrons. The monoisotopic (exact) mass is 416 g/mol. The smallest absolute Gasteiger partial charge is 0.250 e. The van der Waals surface area contributed by atoms with Gasteiger partial charge in [-0.05, 0) is 76.8 Å². The van der Waals surface area contributed by atoms with Gasteiger partial charge < -0.3 is 4.43 Å². The SMILES string of the molecule is CC(C)(C)[Si](C)(C)Oc1ccc(-c2ccc(-c3ccc4cccc-4cc3)s2)cc1. The Bertz CT molecular complexity index is 1060. The molecular formula is C26H28OSSi. The molecule has 2 aliphatic carbocycles. The zero-order chi connectivity index (χ0) is 20.6. The average molecular weight is 417 g/mol. The molecule has 0 saturated heterocycles. The summed E-state index contributed by atoms with van der Waals surface area (Å²) in [4.78, 5) is 2.57. The van der Waals surface area contributed by atoms with Crippen molar-refractivity contribution >= 4 is 19.7 Å². The van der Waals surface area contributed by atoms with Crippen LogP contribution in [0.3, 0.4) is 0 Å². The van der Waals surface area contributed by atoms with Crippen molar-refractivity contribution in [1.29, 1.82) is 0 Å². The van der Waals surface area contributed by atoms with Gasteiger partial charge in [0.15, 0.2) is 0 Å². The van der Waals surface area contributed by atoms with Gasteiger partial charge in [-0.3, -0.25) is 0 Å². The number of thiophene rings is 1. The van der Waals surface area contributed by atoms with E-state index in [-0.39, 0.29) is 5.04 Å². The molecule has 0 spiro atoms. The van der Waals surface area contributed by atoms with Crippen LogP contribution in [0.4, 0.5) is 0 Å². The molecule has 29 heavy (non-hydrogen) atoms. The zero-order valence-electron chi connectivity index (χ0n) is 17.8. The van der Waals surface area contributed by atoms with Crippen molar-refractivity contribution in [2.45, 2.75) is 38.9 Å². The van der Waals surface area contributed by atoms with Gasteiger partial charge in [0.05, 0.1) is 0 Å². The van der Waals surface area contributed by atoms with E-state index in [1.165, 1.54) is 32.0 Å². The Balaban J connectivity index is 1.56. The molecule has 2 aliphatic rings. The van der Waals surface area contributed by atoms with Crippen LogP contribution in [0.2, 0.25) is 18.1 Å². The molecule has 0 atom stereocenters. The molecule has 0 bridgehead atoms. The van der Waals surface area contributed by atoms with Gasteiger partial charge in [-0.2, -0.15) is 0 Å². The summed E-state index contributed by atoms with van der Waals surface area (Å²) in [6.45, 7) is 11.4. The molecule has 1 nitrogen and oxygen atoms in total. The molecule has 3 heteroatoms. The molecule has 0 unspecified atom stereocenters. The lowest BCUT2D eigenvalue weighted by atomic mass is 10.2. The van der Waals surface area contributed by atoms with E-state index in [1.807, 2.05) is 11.3 Å². The van der Waals surface area contributed by atoms with Crippen molar-refractivity contribution < 1.29 is 4.43 Å². The normalized spacial score (nSPS) is 12.3. The minimum Gasteiger partial charge on any atom is -0.544 e. The Morgan fingerprint density at radius 3 is 1.55 bits per heavy atom. The van der Waals surface area contributed by atoms with Gasteiger partial charge in [-0.15, -0.1) is 11.3 Å². The summed E-state index contributed by atoms with van der Waals surface area (Å²) in [5.74, 6) is 0.978. The Kier molecular flexibility index (Phi) is 5.14. The average Bonchev–Trinajstić information content (AvgIpc) is 3.28. The highest BCUT2D eigenvalue weighted by Gasteiger charge is 2.38. The van der Waals surface area contributed by atoms with Gasteiger partial charge in [-0.25, -0.2) is 0 Å². The molecule has 1 aromatic carbocycles. The second-order valence-electron chi connectivity index (χ2n) is 9.11. The summed E-state index contributed by atoms with van der Waals surface area (Å²) in [6.07, 6.45) is 0. The first kappa shape index (κ1) is 19.9. The van der Waals surface area contributed by atoms with Gasteiger partial charge in [0.1, 0.15) is 5.75 Å². The van der Waals surface area contributed by atoms with E-state index in [4.69, 9.17) is 4.43 Å². The van der Waals surface area contributed by atoms with Crippen LogP contribution in [0.15, 0.2) is 78.9 Å². The van der Waals surface area contributed by atoms with Crippen LogP contribution in [0.25, 0.3) is 32.0 Å². The second kappa shape index (κ2) is 7.47. The highest BCUT2D eigenvalue weighted by Crippen LogP contribution is 2.39. The Morgan fingerprint density at radius 1 is 0.621 bits per heavy atom. The van der Waals surface area contributed by atoms with Gasteiger partial charge in [-0.1, -0.05) is 63.2 Å². The Hall–Kier alpha value is -2.36. The van der Waals surface area contributed by atoms with E-state index in [1.54, 1.807) is 0 Å². The van der Waals surface area contributed by atoms with Crippen LogP contribution in [-0.2, 0) is 0 Å². The summed E-state index contributed by atoms with van der Waals surface area (Å²) in [6, 6.07) is 28.3. The van der Waals surface area contributed by atoms with Crippen molar-refractivity contribution in [3.05, 3.63) is 78.9 Å². The minimum atomic E-state index is -1.80. The van der Waals surface area contributed by atoms with Crippen LogP contribution in [0, 0.1) is 0 Å².